The van der Waals surface area contributed by atoms with Crippen LogP contribution in [-0.4, -0.2) is 24.5 Å². The summed E-state index contributed by atoms with van der Waals surface area (Å²) in [7, 11) is 0. The highest BCUT2D eigenvalue weighted by molar-refractivity contribution is 5.79. The van der Waals surface area contributed by atoms with Gasteiger partial charge in [0.2, 0.25) is 11.9 Å². The third-order valence-electron chi connectivity index (χ3n) is 3.11. The van der Waals surface area contributed by atoms with Crippen LogP contribution >= 0.6 is 0 Å². The quantitative estimate of drug-likeness (QED) is 0.695. The van der Waals surface area contributed by atoms with Crippen LogP contribution in [0.15, 0.2) is 24.5 Å². The van der Waals surface area contributed by atoms with Crippen molar-refractivity contribution in [1.29, 1.82) is 0 Å². The maximum atomic E-state index is 5.65. The van der Waals surface area contributed by atoms with Gasteiger partial charge in [0.25, 0.3) is 0 Å². The number of nitrogen functional groups attached to an aromatic ring is 1. The zero-order valence-electron chi connectivity index (χ0n) is 12.7. The Hall–Kier alpha value is -2.94. The van der Waals surface area contributed by atoms with Gasteiger partial charge < -0.3 is 5.73 Å². The Morgan fingerprint density at radius 1 is 1.18 bits per heavy atom. The molecule has 0 atom stereocenters. The average Bonchev–Trinajstić information content (AvgIpc) is 2.80. The van der Waals surface area contributed by atoms with E-state index in [9.17, 15) is 0 Å². The second-order valence-electron chi connectivity index (χ2n) is 5.27. The number of fused-ring (bicyclic) bond motifs is 1. The largest absolute Gasteiger partial charge is 0.368 e. The molecule has 0 saturated carbocycles. The summed E-state index contributed by atoms with van der Waals surface area (Å²) in [5.41, 5.74) is 8.35. The molecular formula is C16H16N6. The smallest absolute Gasteiger partial charge is 0.240 e. The fourth-order valence-corrected chi connectivity index (χ4v) is 2.16. The Morgan fingerprint density at radius 2 is 2.00 bits per heavy atom. The molecule has 0 fully saturated rings. The summed E-state index contributed by atoms with van der Waals surface area (Å²) in [6.07, 6.45) is 1.39. The van der Waals surface area contributed by atoms with Gasteiger partial charge in [0.1, 0.15) is 12.2 Å². The van der Waals surface area contributed by atoms with E-state index in [-0.39, 0.29) is 5.95 Å². The normalized spacial score (nSPS) is 10.7. The van der Waals surface area contributed by atoms with Crippen molar-refractivity contribution in [3.8, 4) is 17.8 Å². The number of aromatic nitrogens is 5. The van der Waals surface area contributed by atoms with Crippen molar-refractivity contribution in [2.45, 2.75) is 20.8 Å². The van der Waals surface area contributed by atoms with E-state index in [1.807, 2.05) is 29.7 Å². The first-order valence-electron chi connectivity index (χ1n) is 7.00. The minimum Gasteiger partial charge on any atom is -0.368 e. The van der Waals surface area contributed by atoms with Crippen LogP contribution in [0.5, 0.6) is 0 Å². The van der Waals surface area contributed by atoms with E-state index in [1.54, 1.807) is 0 Å². The molecule has 2 heterocycles. The van der Waals surface area contributed by atoms with Crippen LogP contribution in [-0.2, 0) is 0 Å². The second-order valence-corrected chi connectivity index (χ2v) is 5.27. The molecule has 22 heavy (non-hydrogen) atoms. The molecule has 1 aromatic carbocycles. The standard InChI is InChI=1S/C16H16N6/c1-10(2)4-5-12-6-7-13-14(8-12)22(11(3)20-13)16-19-9-18-15(17)21-16/h6-10H,1-3H3,(H2,17,18,19,21). The number of benzene rings is 1. The molecule has 0 aliphatic carbocycles. The number of hydrogen-bond acceptors (Lipinski definition) is 5. The number of rotatable bonds is 1. The van der Waals surface area contributed by atoms with E-state index in [4.69, 9.17) is 5.73 Å². The van der Waals surface area contributed by atoms with Crippen LogP contribution in [0.1, 0.15) is 25.2 Å². The third kappa shape index (κ3) is 2.61. The minimum atomic E-state index is 0.182. The van der Waals surface area contributed by atoms with Crippen LogP contribution < -0.4 is 5.73 Å². The summed E-state index contributed by atoms with van der Waals surface area (Å²) in [4.78, 5) is 16.7. The lowest BCUT2D eigenvalue weighted by atomic mass is 10.1. The van der Waals surface area contributed by atoms with Crippen molar-refractivity contribution in [2.75, 3.05) is 5.73 Å². The van der Waals surface area contributed by atoms with E-state index in [0.29, 0.717) is 11.9 Å². The minimum absolute atomic E-state index is 0.182. The molecule has 0 unspecified atom stereocenters. The van der Waals surface area contributed by atoms with Gasteiger partial charge in [-0.1, -0.05) is 25.7 Å². The number of nitrogens with zero attached hydrogens (tertiary/aromatic N) is 5. The molecule has 0 bridgehead atoms. The molecule has 0 amide bonds. The van der Waals surface area contributed by atoms with Gasteiger partial charge in [-0.3, -0.25) is 4.57 Å². The van der Waals surface area contributed by atoms with Crippen LogP contribution in [0, 0.1) is 24.7 Å². The van der Waals surface area contributed by atoms with Crippen LogP contribution in [0.3, 0.4) is 0 Å². The third-order valence-corrected chi connectivity index (χ3v) is 3.11. The lowest BCUT2D eigenvalue weighted by molar-refractivity contribution is 0.866. The molecule has 2 N–H and O–H groups in total. The summed E-state index contributed by atoms with van der Waals surface area (Å²) in [6, 6.07) is 5.91. The Bertz CT molecular complexity index is 898. The van der Waals surface area contributed by atoms with E-state index in [0.717, 1.165) is 22.4 Å². The van der Waals surface area contributed by atoms with Crippen molar-refractivity contribution in [3.63, 3.8) is 0 Å². The molecule has 3 rings (SSSR count). The first-order valence-corrected chi connectivity index (χ1v) is 7.00. The average molecular weight is 292 g/mol. The lowest BCUT2D eigenvalue weighted by Gasteiger charge is -2.04. The summed E-state index contributed by atoms with van der Waals surface area (Å²) < 4.78 is 1.86. The lowest BCUT2D eigenvalue weighted by Crippen LogP contribution is -2.06. The zero-order valence-corrected chi connectivity index (χ0v) is 12.7. The topological polar surface area (TPSA) is 82.5 Å². The molecule has 0 saturated heterocycles. The highest BCUT2D eigenvalue weighted by Gasteiger charge is 2.12. The van der Waals surface area contributed by atoms with E-state index in [2.05, 4.69) is 45.6 Å². The van der Waals surface area contributed by atoms with Gasteiger partial charge >= 0.3 is 0 Å². The van der Waals surface area contributed by atoms with E-state index < -0.39 is 0 Å². The first-order chi connectivity index (χ1) is 10.5. The predicted octanol–water partition coefficient (Wildman–Crippen LogP) is 2.11. The van der Waals surface area contributed by atoms with Gasteiger partial charge in [-0.15, -0.1) is 0 Å². The van der Waals surface area contributed by atoms with Gasteiger partial charge in [0.15, 0.2) is 0 Å². The predicted molar refractivity (Wildman–Crippen MR) is 85.3 cm³/mol. The summed E-state index contributed by atoms with van der Waals surface area (Å²) in [6.45, 7) is 6.03. The molecule has 6 heteroatoms. The number of anilines is 1. The summed E-state index contributed by atoms with van der Waals surface area (Å²) in [5.74, 6) is 8.08. The van der Waals surface area contributed by atoms with Crippen molar-refractivity contribution in [3.05, 3.63) is 35.9 Å². The molecule has 0 aliphatic heterocycles. The molecular weight excluding hydrogens is 276 g/mol. The van der Waals surface area contributed by atoms with Gasteiger partial charge in [-0.05, 0) is 25.1 Å². The monoisotopic (exact) mass is 292 g/mol. The zero-order chi connectivity index (χ0) is 15.7. The maximum absolute atomic E-state index is 5.65. The van der Waals surface area contributed by atoms with Gasteiger partial charge in [-0.2, -0.15) is 4.98 Å². The Balaban J connectivity index is 2.20. The van der Waals surface area contributed by atoms with Crippen molar-refractivity contribution in [1.82, 2.24) is 24.5 Å². The fraction of sp³-hybridized carbons (Fsp3) is 0.250. The molecule has 2 aromatic heterocycles. The van der Waals surface area contributed by atoms with Crippen LogP contribution in [0.25, 0.3) is 17.0 Å². The summed E-state index contributed by atoms with van der Waals surface area (Å²) in [5, 5.41) is 0. The first kappa shape index (κ1) is 14.0. The Morgan fingerprint density at radius 3 is 2.73 bits per heavy atom. The Kier molecular flexibility index (Phi) is 3.47. The number of aryl methyl sites for hydroxylation is 1. The molecule has 0 radical (unpaired) electrons. The second kappa shape index (κ2) is 5.45. The van der Waals surface area contributed by atoms with Gasteiger partial charge in [0, 0.05) is 11.5 Å². The van der Waals surface area contributed by atoms with E-state index >= 15 is 0 Å². The van der Waals surface area contributed by atoms with Gasteiger partial charge in [-0.25, -0.2) is 15.0 Å². The fourth-order valence-electron chi connectivity index (χ4n) is 2.16. The van der Waals surface area contributed by atoms with Crippen molar-refractivity contribution >= 4 is 17.0 Å². The highest BCUT2D eigenvalue weighted by Crippen LogP contribution is 2.20. The Labute approximate surface area is 128 Å². The SMILES string of the molecule is Cc1nc2ccc(C#CC(C)C)cc2n1-c1ncnc(N)n1. The molecule has 110 valence electrons. The van der Waals surface area contributed by atoms with Crippen molar-refractivity contribution < 1.29 is 0 Å². The molecule has 0 aliphatic rings. The molecule has 0 spiro atoms. The van der Waals surface area contributed by atoms with Gasteiger partial charge in [0.05, 0.1) is 11.0 Å². The van der Waals surface area contributed by atoms with Crippen LogP contribution in [0.2, 0.25) is 0 Å². The van der Waals surface area contributed by atoms with Crippen molar-refractivity contribution in [2.24, 2.45) is 5.92 Å². The maximum Gasteiger partial charge on any atom is 0.240 e. The summed E-state index contributed by atoms with van der Waals surface area (Å²) >= 11 is 0. The number of nitrogens with two attached hydrogens (primary N) is 1. The van der Waals surface area contributed by atoms with Crippen LogP contribution in [0.4, 0.5) is 5.95 Å². The number of imidazole rings is 1. The highest BCUT2D eigenvalue weighted by atomic mass is 15.2. The molecule has 3 aromatic rings. The van der Waals surface area contributed by atoms with E-state index in [1.165, 1.54) is 6.33 Å². The number of hydrogen-bond donors (Lipinski definition) is 1. The molecule has 6 nitrogen and oxygen atoms in total.